The number of nitrogens with one attached hydrogen (secondary N) is 1. The van der Waals surface area contributed by atoms with Gasteiger partial charge in [-0.15, -0.1) is 0 Å². The molecule has 0 spiro atoms. The number of benzene rings is 1. The van der Waals surface area contributed by atoms with Crippen molar-refractivity contribution in [1.82, 2.24) is 0 Å². The standard InChI is InChI=1S/C25H43NO2/c1-2-3-4-5-6-7-8-9-10-11-12-13-14-15-16-21-26-24-19-17-23(18-20-24)22-25(27)28/h17-20,26H,2-16,21-22H2,1H3,(H,27,28). The fraction of sp³-hybridized carbons (Fsp3) is 0.720. The van der Waals surface area contributed by atoms with Crippen LogP contribution in [0.4, 0.5) is 5.69 Å². The second-order valence-electron chi connectivity index (χ2n) is 8.14. The molecule has 0 saturated heterocycles. The molecule has 0 radical (unpaired) electrons. The van der Waals surface area contributed by atoms with Crippen molar-refractivity contribution >= 4 is 11.7 Å². The lowest BCUT2D eigenvalue weighted by molar-refractivity contribution is -0.136. The van der Waals surface area contributed by atoms with Crippen molar-refractivity contribution < 1.29 is 9.90 Å². The quantitative estimate of drug-likeness (QED) is 0.239. The minimum atomic E-state index is -0.779. The lowest BCUT2D eigenvalue weighted by atomic mass is 10.0. The summed E-state index contributed by atoms with van der Waals surface area (Å²) in [4.78, 5) is 10.7. The Labute approximate surface area is 173 Å². The normalized spacial score (nSPS) is 10.9. The molecule has 1 aromatic rings. The van der Waals surface area contributed by atoms with Gasteiger partial charge in [0.1, 0.15) is 0 Å². The molecule has 28 heavy (non-hydrogen) atoms. The second-order valence-corrected chi connectivity index (χ2v) is 8.14. The van der Waals surface area contributed by atoms with Crippen LogP contribution in [0.15, 0.2) is 24.3 Å². The SMILES string of the molecule is CCCCCCCCCCCCCCCCCNc1ccc(CC(=O)O)cc1. The van der Waals surface area contributed by atoms with Crippen LogP contribution in [0.1, 0.15) is 109 Å². The molecule has 0 aliphatic heterocycles. The van der Waals surface area contributed by atoms with Crippen molar-refractivity contribution in [3.05, 3.63) is 29.8 Å². The fourth-order valence-electron chi connectivity index (χ4n) is 3.64. The Morgan fingerprint density at radius 3 is 1.57 bits per heavy atom. The zero-order chi connectivity index (χ0) is 20.3. The Morgan fingerprint density at radius 2 is 1.14 bits per heavy atom. The molecule has 2 N–H and O–H groups in total. The molecular weight excluding hydrogens is 346 g/mol. The predicted molar refractivity (Wildman–Crippen MR) is 121 cm³/mol. The maximum Gasteiger partial charge on any atom is 0.307 e. The van der Waals surface area contributed by atoms with E-state index in [1.165, 1.54) is 96.3 Å². The van der Waals surface area contributed by atoms with E-state index in [0.717, 1.165) is 17.8 Å². The smallest absolute Gasteiger partial charge is 0.307 e. The Morgan fingerprint density at radius 1 is 0.714 bits per heavy atom. The number of unbranched alkanes of at least 4 members (excludes halogenated alkanes) is 14. The summed E-state index contributed by atoms with van der Waals surface area (Å²) in [5.74, 6) is -0.779. The molecule has 0 bridgehead atoms. The van der Waals surface area contributed by atoms with Gasteiger partial charge in [-0.05, 0) is 24.1 Å². The third kappa shape index (κ3) is 14.5. The molecule has 0 atom stereocenters. The predicted octanol–water partition coefficient (Wildman–Crippen LogP) is 7.60. The molecule has 1 aromatic carbocycles. The maximum atomic E-state index is 10.7. The van der Waals surface area contributed by atoms with Crippen LogP contribution in [0.25, 0.3) is 0 Å². The molecular formula is C25H43NO2. The van der Waals surface area contributed by atoms with Crippen LogP contribution in [0.3, 0.4) is 0 Å². The summed E-state index contributed by atoms with van der Waals surface area (Å²) in [5.41, 5.74) is 1.93. The van der Waals surface area contributed by atoms with Gasteiger partial charge in [0.15, 0.2) is 0 Å². The summed E-state index contributed by atoms with van der Waals surface area (Å²) in [5, 5.41) is 12.2. The average molecular weight is 390 g/mol. The van der Waals surface area contributed by atoms with Gasteiger partial charge in [0.2, 0.25) is 0 Å². The van der Waals surface area contributed by atoms with Gasteiger partial charge in [-0.1, -0.05) is 109 Å². The first-order valence-electron chi connectivity index (χ1n) is 11.8. The molecule has 1 rings (SSSR count). The van der Waals surface area contributed by atoms with Crippen molar-refractivity contribution in [2.24, 2.45) is 0 Å². The molecule has 3 nitrogen and oxygen atoms in total. The lowest BCUT2D eigenvalue weighted by Gasteiger charge is -2.07. The minimum absolute atomic E-state index is 0.0966. The number of rotatable bonds is 19. The Balaban J connectivity index is 1.82. The summed E-state index contributed by atoms with van der Waals surface area (Å²) in [7, 11) is 0. The number of carbonyl (C=O) groups is 1. The second kappa shape index (κ2) is 17.6. The molecule has 0 aromatic heterocycles. The lowest BCUT2D eigenvalue weighted by Crippen LogP contribution is -2.03. The van der Waals surface area contributed by atoms with Crippen LogP contribution in [0.5, 0.6) is 0 Å². The van der Waals surface area contributed by atoms with Gasteiger partial charge in [-0.3, -0.25) is 4.79 Å². The molecule has 0 aliphatic carbocycles. The highest BCUT2D eigenvalue weighted by Gasteiger charge is 2.00. The maximum absolute atomic E-state index is 10.7. The average Bonchev–Trinajstić information content (AvgIpc) is 2.68. The van der Waals surface area contributed by atoms with E-state index in [1.54, 1.807) is 0 Å². The third-order valence-corrected chi connectivity index (χ3v) is 5.42. The van der Waals surface area contributed by atoms with Gasteiger partial charge in [0, 0.05) is 12.2 Å². The van der Waals surface area contributed by atoms with Crippen LogP contribution in [-0.2, 0) is 11.2 Å². The fourth-order valence-corrected chi connectivity index (χ4v) is 3.64. The van der Waals surface area contributed by atoms with E-state index in [4.69, 9.17) is 5.11 Å². The van der Waals surface area contributed by atoms with Crippen LogP contribution in [0, 0.1) is 0 Å². The van der Waals surface area contributed by atoms with E-state index in [9.17, 15) is 4.79 Å². The molecule has 0 saturated carbocycles. The number of aliphatic carboxylic acids is 1. The number of hydrogen-bond donors (Lipinski definition) is 2. The molecule has 3 heteroatoms. The number of carboxylic acids is 1. The number of carboxylic acid groups (broad SMARTS) is 1. The number of anilines is 1. The Kier molecular flexibility index (Phi) is 15.4. The highest BCUT2D eigenvalue weighted by Crippen LogP contribution is 2.14. The van der Waals surface area contributed by atoms with E-state index in [1.807, 2.05) is 24.3 Å². The molecule has 0 heterocycles. The highest BCUT2D eigenvalue weighted by atomic mass is 16.4. The van der Waals surface area contributed by atoms with Crippen LogP contribution >= 0.6 is 0 Å². The van der Waals surface area contributed by atoms with E-state index in [-0.39, 0.29) is 6.42 Å². The van der Waals surface area contributed by atoms with E-state index >= 15 is 0 Å². The summed E-state index contributed by atoms with van der Waals surface area (Å²) >= 11 is 0. The van der Waals surface area contributed by atoms with E-state index in [2.05, 4.69) is 12.2 Å². The summed E-state index contributed by atoms with van der Waals surface area (Å²) in [6, 6.07) is 7.73. The van der Waals surface area contributed by atoms with Crippen molar-refractivity contribution in [1.29, 1.82) is 0 Å². The molecule has 160 valence electrons. The van der Waals surface area contributed by atoms with Gasteiger partial charge in [0.25, 0.3) is 0 Å². The first-order chi connectivity index (χ1) is 13.7. The van der Waals surface area contributed by atoms with Crippen molar-refractivity contribution in [3.63, 3.8) is 0 Å². The first-order valence-corrected chi connectivity index (χ1v) is 11.8. The minimum Gasteiger partial charge on any atom is -0.481 e. The van der Waals surface area contributed by atoms with Gasteiger partial charge in [-0.25, -0.2) is 0 Å². The third-order valence-electron chi connectivity index (χ3n) is 5.42. The topological polar surface area (TPSA) is 49.3 Å². The monoisotopic (exact) mass is 389 g/mol. The molecule has 0 amide bonds. The van der Waals surface area contributed by atoms with Gasteiger partial charge < -0.3 is 10.4 Å². The molecule has 0 fully saturated rings. The highest BCUT2D eigenvalue weighted by molar-refractivity contribution is 5.70. The Bertz CT molecular complexity index is 484. The Hall–Kier alpha value is -1.51. The van der Waals surface area contributed by atoms with Crippen molar-refractivity contribution in [2.45, 2.75) is 110 Å². The van der Waals surface area contributed by atoms with Crippen LogP contribution < -0.4 is 5.32 Å². The van der Waals surface area contributed by atoms with Crippen molar-refractivity contribution in [2.75, 3.05) is 11.9 Å². The van der Waals surface area contributed by atoms with Gasteiger partial charge in [-0.2, -0.15) is 0 Å². The van der Waals surface area contributed by atoms with Gasteiger partial charge in [0.05, 0.1) is 6.42 Å². The molecule has 0 unspecified atom stereocenters. The zero-order valence-electron chi connectivity index (χ0n) is 18.2. The summed E-state index contributed by atoms with van der Waals surface area (Å²) in [6.45, 7) is 3.28. The first kappa shape index (κ1) is 24.5. The van der Waals surface area contributed by atoms with Gasteiger partial charge >= 0.3 is 5.97 Å². The zero-order valence-corrected chi connectivity index (χ0v) is 18.2. The van der Waals surface area contributed by atoms with E-state index < -0.39 is 5.97 Å². The van der Waals surface area contributed by atoms with Crippen LogP contribution in [-0.4, -0.2) is 17.6 Å². The summed E-state index contributed by atoms with van der Waals surface area (Å²) < 4.78 is 0. The summed E-state index contributed by atoms with van der Waals surface area (Å²) in [6.07, 6.45) is 21.0. The van der Waals surface area contributed by atoms with Crippen LogP contribution in [0.2, 0.25) is 0 Å². The largest absolute Gasteiger partial charge is 0.481 e. The van der Waals surface area contributed by atoms with Crippen molar-refractivity contribution in [3.8, 4) is 0 Å². The number of hydrogen-bond acceptors (Lipinski definition) is 2. The van der Waals surface area contributed by atoms with E-state index in [0.29, 0.717) is 0 Å². The molecule has 0 aliphatic rings.